The van der Waals surface area contributed by atoms with Crippen LogP contribution in [-0.2, 0) is 16.0 Å². The lowest BCUT2D eigenvalue weighted by Crippen LogP contribution is -2.08. The largest absolute Gasteiger partial charge is 0.461 e. The minimum absolute atomic E-state index is 0.107. The lowest BCUT2D eigenvalue weighted by molar-refractivity contribution is -0.141. The summed E-state index contributed by atoms with van der Waals surface area (Å²) in [5, 5.41) is 0. The van der Waals surface area contributed by atoms with Crippen molar-refractivity contribution in [2.45, 2.75) is 13.3 Å². The van der Waals surface area contributed by atoms with E-state index in [2.05, 4.69) is 11.6 Å². The van der Waals surface area contributed by atoms with Gasteiger partial charge in [-0.1, -0.05) is 30.9 Å². The number of esters is 1. The number of hydrogen-bond acceptors (Lipinski definition) is 4. The predicted molar refractivity (Wildman–Crippen MR) is 71.5 cm³/mol. The monoisotopic (exact) mass is 257 g/mol. The highest BCUT2D eigenvalue weighted by Crippen LogP contribution is 2.21. The number of nitrogens with zero attached hydrogens (tertiary/aromatic N) is 1. The van der Waals surface area contributed by atoms with Gasteiger partial charge < -0.3 is 9.15 Å². The molecule has 4 nitrogen and oxygen atoms in total. The molecule has 0 bridgehead atoms. The van der Waals surface area contributed by atoms with E-state index in [9.17, 15) is 4.79 Å². The van der Waals surface area contributed by atoms with Crippen molar-refractivity contribution >= 4 is 5.97 Å². The number of carbonyl (C=O) groups is 1. The molecule has 0 fully saturated rings. The number of rotatable bonds is 5. The molecule has 4 heteroatoms. The summed E-state index contributed by atoms with van der Waals surface area (Å²) in [4.78, 5) is 15.9. The normalized spacial score (nSPS) is 10.2. The second kappa shape index (κ2) is 6.00. The molecule has 1 aromatic carbocycles. The second-order valence-corrected chi connectivity index (χ2v) is 4.04. The number of ether oxygens (including phenoxy) is 1. The van der Waals surface area contributed by atoms with Gasteiger partial charge in [-0.2, -0.15) is 0 Å². The van der Waals surface area contributed by atoms with Crippen molar-refractivity contribution in [2.24, 2.45) is 0 Å². The first-order valence-corrected chi connectivity index (χ1v) is 5.99. The second-order valence-electron chi connectivity index (χ2n) is 4.04. The lowest BCUT2D eigenvalue weighted by atomic mass is 10.2. The van der Waals surface area contributed by atoms with E-state index in [1.54, 1.807) is 6.92 Å². The molecule has 19 heavy (non-hydrogen) atoms. The van der Waals surface area contributed by atoms with Gasteiger partial charge in [-0.15, -0.1) is 0 Å². The van der Waals surface area contributed by atoms with Crippen LogP contribution in [0.2, 0.25) is 0 Å². The summed E-state index contributed by atoms with van der Waals surface area (Å²) in [6, 6.07) is 9.56. The fourth-order valence-electron chi connectivity index (χ4n) is 1.64. The Morgan fingerprint density at radius 3 is 2.84 bits per heavy atom. The Hall–Kier alpha value is -2.36. The average Bonchev–Trinajstić information content (AvgIpc) is 2.79. The minimum atomic E-state index is -0.337. The van der Waals surface area contributed by atoms with Gasteiger partial charge in [0.25, 0.3) is 0 Å². The van der Waals surface area contributed by atoms with E-state index in [0.717, 1.165) is 5.56 Å². The molecule has 0 amide bonds. The van der Waals surface area contributed by atoms with Crippen molar-refractivity contribution in [3.05, 3.63) is 54.4 Å². The third kappa shape index (κ3) is 3.31. The van der Waals surface area contributed by atoms with E-state index in [1.807, 2.05) is 30.3 Å². The van der Waals surface area contributed by atoms with Crippen LogP contribution in [0.3, 0.4) is 0 Å². The van der Waals surface area contributed by atoms with Crippen molar-refractivity contribution in [1.82, 2.24) is 4.98 Å². The first-order chi connectivity index (χ1) is 9.20. The van der Waals surface area contributed by atoms with Crippen LogP contribution in [-0.4, -0.2) is 17.6 Å². The molecule has 0 N–H and O–H groups in total. The number of hydrogen-bond donors (Lipinski definition) is 0. The Morgan fingerprint density at radius 1 is 1.42 bits per heavy atom. The topological polar surface area (TPSA) is 52.3 Å². The van der Waals surface area contributed by atoms with E-state index in [4.69, 9.17) is 9.15 Å². The molecule has 98 valence electrons. The summed E-state index contributed by atoms with van der Waals surface area (Å²) in [6.45, 7) is 5.49. The van der Waals surface area contributed by atoms with E-state index in [0.29, 0.717) is 17.3 Å². The average molecular weight is 257 g/mol. The van der Waals surface area contributed by atoms with Crippen molar-refractivity contribution in [3.63, 3.8) is 0 Å². The van der Waals surface area contributed by atoms with Crippen LogP contribution in [0.25, 0.3) is 11.5 Å². The van der Waals surface area contributed by atoms with Gasteiger partial charge in [0.05, 0.1) is 12.1 Å². The smallest absolute Gasteiger partial charge is 0.312 e. The SMILES string of the molecule is C=CCOC(=O)Cc1nc(-c2ccccc2)oc1C. The highest BCUT2D eigenvalue weighted by atomic mass is 16.5. The zero-order chi connectivity index (χ0) is 13.7. The van der Waals surface area contributed by atoms with Crippen LogP contribution in [0.5, 0.6) is 0 Å². The molecular weight excluding hydrogens is 242 g/mol. The van der Waals surface area contributed by atoms with Crippen LogP contribution in [0.1, 0.15) is 11.5 Å². The van der Waals surface area contributed by atoms with E-state index >= 15 is 0 Å². The fourth-order valence-corrected chi connectivity index (χ4v) is 1.64. The molecular formula is C15H15NO3. The standard InChI is InChI=1S/C15H15NO3/c1-3-9-18-14(17)10-13-11(2)19-15(16-13)12-7-5-4-6-8-12/h3-8H,1,9-10H2,2H3. The maximum atomic E-state index is 11.5. The molecule has 0 saturated carbocycles. The van der Waals surface area contributed by atoms with Gasteiger partial charge >= 0.3 is 5.97 Å². The molecule has 0 aliphatic rings. The zero-order valence-corrected chi connectivity index (χ0v) is 10.8. The summed E-state index contributed by atoms with van der Waals surface area (Å²) in [7, 11) is 0. The first kappa shape index (κ1) is 13.1. The summed E-state index contributed by atoms with van der Waals surface area (Å²) in [5.74, 6) is 0.815. The van der Waals surface area contributed by atoms with E-state index < -0.39 is 0 Å². The third-order valence-electron chi connectivity index (χ3n) is 2.59. The van der Waals surface area contributed by atoms with Crippen molar-refractivity contribution in [1.29, 1.82) is 0 Å². The molecule has 1 aromatic heterocycles. The quantitative estimate of drug-likeness (QED) is 0.610. The molecule has 0 unspecified atom stereocenters. The van der Waals surface area contributed by atoms with Gasteiger partial charge in [0.1, 0.15) is 12.4 Å². The highest BCUT2D eigenvalue weighted by Gasteiger charge is 2.14. The third-order valence-corrected chi connectivity index (χ3v) is 2.59. The predicted octanol–water partition coefficient (Wildman–Crippen LogP) is 2.92. The zero-order valence-electron chi connectivity index (χ0n) is 10.8. The summed E-state index contributed by atoms with van der Waals surface area (Å²) in [5.41, 5.74) is 1.49. The number of benzene rings is 1. The highest BCUT2D eigenvalue weighted by molar-refractivity contribution is 5.72. The Bertz CT molecular complexity index is 572. The fraction of sp³-hybridized carbons (Fsp3) is 0.200. The summed E-state index contributed by atoms with van der Waals surface area (Å²) >= 11 is 0. The van der Waals surface area contributed by atoms with Gasteiger partial charge in [-0.3, -0.25) is 4.79 Å². The van der Waals surface area contributed by atoms with Crippen LogP contribution in [0.4, 0.5) is 0 Å². The summed E-state index contributed by atoms with van der Waals surface area (Å²) < 4.78 is 10.5. The van der Waals surface area contributed by atoms with E-state index in [-0.39, 0.29) is 19.0 Å². The molecule has 2 aromatic rings. The number of aryl methyl sites for hydroxylation is 1. The van der Waals surface area contributed by atoms with Crippen LogP contribution < -0.4 is 0 Å². The van der Waals surface area contributed by atoms with Crippen LogP contribution in [0.15, 0.2) is 47.4 Å². The Kier molecular flexibility index (Phi) is 4.13. The summed E-state index contributed by atoms with van der Waals surface area (Å²) in [6.07, 6.45) is 1.64. The van der Waals surface area contributed by atoms with Crippen molar-refractivity contribution < 1.29 is 13.9 Å². The Labute approximate surface area is 111 Å². The number of aromatic nitrogens is 1. The Morgan fingerprint density at radius 2 is 2.16 bits per heavy atom. The van der Waals surface area contributed by atoms with Gasteiger partial charge in [0.2, 0.25) is 5.89 Å². The van der Waals surface area contributed by atoms with Gasteiger partial charge in [0.15, 0.2) is 0 Å². The number of oxazole rings is 1. The first-order valence-electron chi connectivity index (χ1n) is 5.99. The van der Waals surface area contributed by atoms with Gasteiger partial charge in [-0.25, -0.2) is 4.98 Å². The maximum Gasteiger partial charge on any atom is 0.312 e. The molecule has 0 radical (unpaired) electrons. The molecule has 2 rings (SSSR count). The molecule has 1 heterocycles. The number of carbonyl (C=O) groups excluding carboxylic acids is 1. The molecule has 0 saturated heterocycles. The lowest BCUT2D eigenvalue weighted by Gasteiger charge is -1.99. The molecule has 0 aliphatic carbocycles. The van der Waals surface area contributed by atoms with Gasteiger partial charge in [0, 0.05) is 5.56 Å². The Balaban J connectivity index is 2.13. The molecule has 0 atom stereocenters. The van der Waals surface area contributed by atoms with Crippen LogP contribution >= 0.6 is 0 Å². The van der Waals surface area contributed by atoms with Crippen LogP contribution in [0, 0.1) is 6.92 Å². The molecule has 0 spiro atoms. The van der Waals surface area contributed by atoms with E-state index in [1.165, 1.54) is 6.08 Å². The maximum absolute atomic E-state index is 11.5. The minimum Gasteiger partial charge on any atom is -0.461 e. The van der Waals surface area contributed by atoms with Gasteiger partial charge in [-0.05, 0) is 19.1 Å². The van der Waals surface area contributed by atoms with Crippen molar-refractivity contribution in [3.8, 4) is 11.5 Å². The van der Waals surface area contributed by atoms with Crippen molar-refractivity contribution in [2.75, 3.05) is 6.61 Å². The molecule has 0 aliphatic heterocycles.